The second-order valence-electron chi connectivity index (χ2n) is 9.57. The molecule has 2 aromatic rings. The molecule has 1 aliphatic heterocycles. The lowest BCUT2D eigenvalue weighted by atomic mass is 9.82. The number of aryl methyl sites for hydroxylation is 1. The SMILES string of the molecule is CCOC(=O)C(CCN(C(C)=O)c1ccc(N(C)C(=O)Nc2ccccc2C)c(OC)c1)C1CCNCC1. The van der Waals surface area contributed by atoms with Crippen LogP contribution < -0.4 is 25.2 Å². The number of urea groups is 1. The Morgan fingerprint density at radius 2 is 1.84 bits per heavy atom. The molecule has 0 aromatic heterocycles. The summed E-state index contributed by atoms with van der Waals surface area (Å²) in [6.07, 6.45) is 2.32. The summed E-state index contributed by atoms with van der Waals surface area (Å²) >= 11 is 0. The average Bonchev–Trinajstić information content (AvgIpc) is 2.92. The van der Waals surface area contributed by atoms with Crippen molar-refractivity contribution in [2.24, 2.45) is 11.8 Å². The Bertz CT molecular complexity index is 1120. The number of esters is 1. The third-order valence-electron chi connectivity index (χ3n) is 7.11. The van der Waals surface area contributed by atoms with Gasteiger partial charge in [-0.2, -0.15) is 0 Å². The van der Waals surface area contributed by atoms with Crippen LogP contribution in [0, 0.1) is 18.8 Å². The number of amides is 3. The number of piperidine rings is 1. The van der Waals surface area contributed by atoms with Gasteiger partial charge in [-0.25, -0.2) is 4.79 Å². The molecular formula is C29H40N4O5. The highest BCUT2D eigenvalue weighted by Gasteiger charge is 2.31. The number of carbonyl (C=O) groups is 3. The molecule has 1 fully saturated rings. The van der Waals surface area contributed by atoms with Gasteiger partial charge in [0.15, 0.2) is 0 Å². The second kappa shape index (κ2) is 13.8. The molecule has 1 saturated heterocycles. The summed E-state index contributed by atoms with van der Waals surface area (Å²) in [6, 6.07) is 12.5. The van der Waals surface area contributed by atoms with Crippen molar-refractivity contribution in [1.29, 1.82) is 0 Å². The standard InChI is InChI=1S/C29H40N4O5/c1-6-38-28(35)24(22-13-16-30-17-14-22)15-18-33(21(3)34)23-11-12-26(27(19-23)37-5)32(4)29(36)31-25-10-8-7-9-20(25)2/h7-12,19,22,24,30H,6,13-18H2,1-5H3,(H,31,36). The zero-order valence-corrected chi connectivity index (χ0v) is 23.1. The fourth-order valence-corrected chi connectivity index (χ4v) is 4.91. The van der Waals surface area contributed by atoms with Gasteiger partial charge in [0.25, 0.3) is 0 Å². The zero-order chi connectivity index (χ0) is 27.7. The van der Waals surface area contributed by atoms with Crippen molar-refractivity contribution in [2.75, 3.05) is 55.5 Å². The number of hydrogen-bond acceptors (Lipinski definition) is 6. The third kappa shape index (κ3) is 7.25. The number of ether oxygens (including phenoxy) is 2. The predicted octanol–water partition coefficient (Wildman–Crippen LogP) is 4.59. The quantitative estimate of drug-likeness (QED) is 0.441. The largest absolute Gasteiger partial charge is 0.494 e. The lowest BCUT2D eigenvalue weighted by Gasteiger charge is -2.31. The molecule has 38 heavy (non-hydrogen) atoms. The van der Waals surface area contributed by atoms with Crippen LogP contribution >= 0.6 is 0 Å². The Morgan fingerprint density at radius 1 is 1.13 bits per heavy atom. The molecular weight excluding hydrogens is 484 g/mol. The number of nitrogens with zero attached hydrogens (tertiary/aromatic N) is 2. The van der Waals surface area contributed by atoms with E-state index in [1.807, 2.05) is 38.1 Å². The average molecular weight is 525 g/mol. The van der Waals surface area contributed by atoms with Crippen molar-refractivity contribution in [2.45, 2.75) is 40.0 Å². The normalized spacial score (nSPS) is 14.3. The summed E-state index contributed by atoms with van der Waals surface area (Å²) in [6.45, 7) is 7.70. The highest BCUT2D eigenvalue weighted by molar-refractivity contribution is 6.03. The van der Waals surface area contributed by atoms with Crippen LogP contribution in [-0.4, -0.2) is 58.3 Å². The van der Waals surface area contributed by atoms with Gasteiger partial charge in [-0.05, 0) is 75.9 Å². The van der Waals surface area contributed by atoms with Gasteiger partial charge in [0, 0.05) is 38.0 Å². The fraction of sp³-hybridized carbons (Fsp3) is 0.483. The van der Waals surface area contributed by atoms with Crippen LogP contribution in [0.1, 0.15) is 38.7 Å². The van der Waals surface area contributed by atoms with Crippen molar-refractivity contribution in [3.8, 4) is 5.75 Å². The van der Waals surface area contributed by atoms with E-state index in [9.17, 15) is 14.4 Å². The molecule has 206 valence electrons. The third-order valence-corrected chi connectivity index (χ3v) is 7.11. The van der Waals surface area contributed by atoms with Crippen LogP contribution in [0.3, 0.4) is 0 Å². The van der Waals surface area contributed by atoms with E-state index in [1.165, 1.54) is 18.9 Å². The Labute approximate surface area is 225 Å². The maximum Gasteiger partial charge on any atom is 0.326 e. The molecule has 9 heteroatoms. The molecule has 3 amide bonds. The molecule has 0 aliphatic carbocycles. The number of anilines is 3. The Morgan fingerprint density at radius 3 is 2.47 bits per heavy atom. The van der Waals surface area contributed by atoms with Crippen LogP contribution in [0.15, 0.2) is 42.5 Å². The fourth-order valence-electron chi connectivity index (χ4n) is 4.91. The highest BCUT2D eigenvalue weighted by Crippen LogP contribution is 2.34. The lowest BCUT2D eigenvalue weighted by Crippen LogP contribution is -2.38. The minimum Gasteiger partial charge on any atom is -0.494 e. The predicted molar refractivity (Wildman–Crippen MR) is 150 cm³/mol. The molecule has 1 unspecified atom stereocenters. The Balaban J connectivity index is 1.78. The number of rotatable bonds is 10. The monoisotopic (exact) mass is 524 g/mol. The van der Waals surface area contributed by atoms with Crippen LogP contribution in [0.5, 0.6) is 5.75 Å². The van der Waals surface area contributed by atoms with Crippen molar-refractivity contribution in [1.82, 2.24) is 5.32 Å². The van der Waals surface area contributed by atoms with Gasteiger partial charge in [-0.3, -0.25) is 14.5 Å². The minimum absolute atomic E-state index is 0.140. The number of nitrogens with one attached hydrogen (secondary N) is 2. The molecule has 0 spiro atoms. The summed E-state index contributed by atoms with van der Waals surface area (Å²) in [5, 5.41) is 6.26. The summed E-state index contributed by atoms with van der Waals surface area (Å²) in [7, 11) is 3.19. The topological polar surface area (TPSA) is 100 Å². The number of hydrogen-bond donors (Lipinski definition) is 2. The molecule has 2 aromatic carbocycles. The first-order valence-corrected chi connectivity index (χ1v) is 13.2. The van der Waals surface area contributed by atoms with Gasteiger partial charge < -0.3 is 25.0 Å². The molecule has 1 aliphatic rings. The van der Waals surface area contributed by atoms with E-state index in [-0.39, 0.29) is 29.7 Å². The second-order valence-corrected chi connectivity index (χ2v) is 9.57. The Kier molecular flexibility index (Phi) is 10.5. The van der Waals surface area contributed by atoms with Gasteiger partial charge in [0.2, 0.25) is 5.91 Å². The maximum absolute atomic E-state index is 13.0. The number of benzene rings is 2. The van der Waals surface area contributed by atoms with E-state index in [4.69, 9.17) is 9.47 Å². The first-order valence-electron chi connectivity index (χ1n) is 13.2. The van der Waals surface area contributed by atoms with Crippen molar-refractivity contribution >= 4 is 35.0 Å². The van der Waals surface area contributed by atoms with E-state index >= 15 is 0 Å². The summed E-state index contributed by atoms with van der Waals surface area (Å²) < 4.78 is 11.0. The zero-order valence-electron chi connectivity index (χ0n) is 23.1. The van der Waals surface area contributed by atoms with Gasteiger partial charge in [-0.1, -0.05) is 18.2 Å². The van der Waals surface area contributed by atoms with E-state index in [0.717, 1.165) is 37.2 Å². The molecule has 1 heterocycles. The van der Waals surface area contributed by atoms with Crippen LogP contribution in [0.2, 0.25) is 0 Å². The van der Waals surface area contributed by atoms with Gasteiger partial charge in [0.05, 0.1) is 25.3 Å². The van der Waals surface area contributed by atoms with E-state index in [2.05, 4.69) is 10.6 Å². The van der Waals surface area contributed by atoms with Gasteiger partial charge in [-0.15, -0.1) is 0 Å². The van der Waals surface area contributed by atoms with Crippen molar-refractivity contribution < 1.29 is 23.9 Å². The molecule has 0 radical (unpaired) electrons. The van der Waals surface area contributed by atoms with Crippen LogP contribution in [0.25, 0.3) is 0 Å². The Hall–Kier alpha value is -3.59. The number of carbonyl (C=O) groups excluding carboxylic acids is 3. The smallest absolute Gasteiger partial charge is 0.326 e. The highest BCUT2D eigenvalue weighted by atomic mass is 16.5. The van der Waals surface area contributed by atoms with Crippen molar-refractivity contribution in [3.63, 3.8) is 0 Å². The molecule has 9 nitrogen and oxygen atoms in total. The van der Waals surface area contributed by atoms with Gasteiger partial charge in [0.1, 0.15) is 5.75 Å². The minimum atomic E-state index is -0.312. The van der Waals surface area contributed by atoms with E-state index < -0.39 is 0 Å². The molecule has 1 atom stereocenters. The summed E-state index contributed by atoms with van der Waals surface area (Å²) in [5.74, 6) is 0.0738. The molecule has 2 N–H and O–H groups in total. The van der Waals surface area contributed by atoms with Crippen LogP contribution in [0.4, 0.5) is 21.9 Å². The van der Waals surface area contributed by atoms with Crippen LogP contribution in [-0.2, 0) is 14.3 Å². The first-order chi connectivity index (χ1) is 18.3. The van der Waals surface area contributed by atoms with Gasteiger partial charge >= 0.3 is 12.0 Å². The maximum atomic E-state index is 13.0. The number of para-hydroxylation sites is 1. The lowest BCUT2D eigenvalue weighted by molar-refractivity contribution is -0.150. The summed E-state index contributed by atoms with van der Waals surface area (Å²) in [4.78, 5) is 41.5. The molecule has 0 saturated carbocycles. The first kappa shape index (κ1) is 29.0. The molecule has 0 bridgehead atoms. The van der Waals surface area contributed by atoms with E-state index in [0.29, 0.717) is 36.7 Å². The van der Waals surface area contributed by atoms with E-state index in [1.54, 1.807) is 30.1 Å². The summed E-state index contributed by atoms with van der Waals surface area (Å²) in [5.41, 5.74) is 2.88. The van der Waals surface area contributed by atoms with Crippen molar-refractivity contribution in [3.05, 3.63) is 48.0 Å². The number of methoxy groups -OCH3 is 1. The molecule has 3 rings (SSSR count).